The molecule has 0 bridgehead atoms. The minimum absolute atomic E-state index is 0.00987. The van der Waals surface area contributed by atoms with Crippen molar-refractivity contribution in [1.82, 2.24) is 10.2 Å². The Labute approximate surface area is 253 Å². The van der Waals surface area contributed by atoms with Gasteiger partial charge in [-0.05, 0) is 35.7 Å². The molecule has 3 aromatic carbocycles. The molecule has 11 heteroatoms. The molecule has 0 unspecified atom stereocenters. The lowest BCUT2D eigenvalue weighted by atomic mass is 10.0. The summed E-state index contributed by atoms with van der Waals surface area (Å²) in [4.78, 5) is 29.3. The van der Waals surface area contributed by atoms with E-state index in [1.807, 2.05) is 37.3 Å². The van der Waals surface area contributed by atoms with Crippen LogP contribution < -0.4 is 19.1 Å². The number of anilines is 1. The van der Waals surface area contributed by atoms with Gasteiger partial charge in [-0.1, -0.05) is 73.5 Å². The van der Waals surface area contributed by atoms with E-state index in [0.717, 1.165) is 29.0 Å². The maximum Gasteiger partial charge on any atom is 0.244 e. The molecule has 0 saturated carbocycles. The van der Waals surface area contributed by atoms with Crippen LogP contribution in [0.15, 0.2) is 72.8 Å². The van der Waals surface area contributed by atoms with Gasteiger partial charge >= 0.3 is 0 Å². The molecule has 0 aliphatic rings. The highest BCUT2D eigenvalue weighted by molar-refractivity contribution is 7.92. The van der Waals surface area contributed by atoms with Gasteiger partial charge < -0.3 is 19.7 Å². The summed E-state index contributed by atoms with van der Waals surface area (Å²) in [6.07, 6.45) is 2.89. The summed E-state index contributed by atoms with van der Waals surface area (Å²) in [5.41, 5.74) is 1.61. The maximum absolute atomic E-state index is 14.2. The number of rotatable bonds is 15. The number of benzene rings is 3. The molecule has 1 atom stereocenters. The second kappa shape index (κ2) is 15.5. The number of carbonyl (C=O) groups is 2. The molecular weight excluding hydrogens is 578 g/mol. The smallest absolute Gasteiger partial charge is 0.244 e. The van der Waals surface area contributed by atoms with Crippen molar-refractivity contribution in [2.75, 3.05) is 37.9 Å². The van der Waals surface area contributed by atoms with E-state index in [9.17, 15) is 18.0 Å². The van der Waals surface area contributed by atoms with Gasteiger partial charge in [0.05, 0.1) is 26.2 Å². The second-order valence-corrected chi connectivity index (χ2v) is 12.1. The van der Waals surface area contributed by atoms with E-state index in [-0.39, 0.29) is 30.3 Å². The summed E-state index contributed by atoms with van der Waals surface area (Å²) in [5, 5.41) is 3.38. The Morgan fingerprint density at radius 2 is 1.67 bits per heavy atom. The van der Waals surface area contributed by atoms with Crippen molar-refractivity contribution in [3.63, 3.8) is 0 Å². The van der Waals surface area contributed by atoms with E-state index in [2.05, 4.69) is 5.32 Å². The molecule has 3 rings (SSSR count). The largest absolute Gasteiger partial charge is 0.497 e. The quantitative estimate of drug-likeness (QED) is 0.249. The lowest BCUT2D eigenvalue weighted by Gasteiger charge is -2.34. The Balaban J connectivity index is 2.10. The van der Waals surface area contributed by atoms with Crippen molar-refractivity contribution in [2.24, 2.45) is 0 Å². The molecule has 0 aliphatic heterocycles. The fourth-order valence-electron chi connectivity index (χ4n) is 4.46. The lowest BCUT2D eigenvalue weighted by molar-refractivity contribution is -0.140. The number of ether oxygens (including phenoxy) is 2. The standard InChI is InChI=1S/C31H38ClN3O6S/c1-5-6-18-33-31(37)28(19-23-12-8-7-9-13-23)34(21-24-14-10-11-15-26(24)32)30(36)22-35(42(4,38)39)27-20-25(40-2)16-17-29(27)41-3/h7-17,20,28H,5-6,18-19,21-22H2,1-4H3,(H,33,37)/t28-/m0/s1. The molecule has 42 heavy (non-hydrogen) atoms. The predicted octanol–water partition coefficient (Wildman–Crippen LogP) is 4.68. The van der Waals surface area contributed by atoms with Gasteiger partial charge in [-0.3, -0.25) is 13.9 Å². The molecule has 0 aromatic heterocycles. The fraction of sp³-hybridized carbons (Fsp3) is 0.355. The molecule has 0 radical (unpaired) electrons. The molecule has 2 amide bonds. The Bertz CT molecular complexity index is 1450. The highest BCUT2D eigenvalue weighted by Crippen LogP contribution is 2.34. The molecule has 226 valence electrons. The number of nitrogens with one attached hydrogen (secondary N) is 1. The summed E-state index contributed by atoms with van der Waals surface area (Å²) in [6.45, 7) is 1.88. The van der Waals surface area contributed by atoms with Crippen molar-refractivity contribution in [3.8, 4) is 11.5 Å². The second-order valence-electron chi connectivity index (χ2n) is 9.77. The predicted molar refractivity (Wildman–Crippen MR) is 166 cm³/mol. The van der Waals surface area contributed by atoms with Gasteiger partial charge in [0.15, 0.2) is 0 Å². The highest BCUT2D eigenvalue weighted by Gasteiger charge is 2.34. The summed E-state index contributed by atoms with van der Waals surface area (Å²) < 4.78 is 37.9. The van der Waals surface area contributed by atoms with Crippen molar-refractivity contribution < 1.29 is 27.5 Å². The zero-order valence-corrected chi connectivity index (χ0v) is 26.0. The fourth-order valence-corrected chi connectivity index (χ4v) is 5.50. The molecular formula is C31H38ClN3O6S. The number of hydrogen-bond acceptors (Lipinski definition) is 6. The Hall–Kier alpha value is -3.76. The van der Waals surface area contributed by atoms with Gasteiger partial charge in [0, 0.05) is 30.6 Å². The molecule has 1 N–H and O–H groups in total. The topological polar surface area (TPSA) is 105 Å². The van der Waals surface area contributed by atoms with E-state index in [0.29, 0.717) is 22.9 Å². The van der Waals surface area contributed by atoms with Crippen LogP contribution in [0.5, 0.6) is 11.5 Å². The molecule has 0 fully saturated rings. The van der Waals surface area contributed by atoms with Crippen LogP contribution in [0.2, 0.25) is 5.02 Å². The number of hydrogen-bond donors (Lipinski definition) is 1. The van der Waals surface area contributed by atoms with Gasteiger partial charge in [0.2, 0.25) is 21.8 Å². The number of methoxy groups -OCH3 is 2. The first-order valence-electron chi connectivity index (χ1n) is 13.6. The number of nitrogens with zero attached hydrogens (tertiary/aromatic N) is 2. The lowest BCUT2D eigenvalue weighted by Crippen LogP contribution is -2.53. The van der Waals surface area contributed by atoms with Gasteiger partial charge in [0.25, 0.3) is 0 Å². The van der Waals surface area contributed by atoms with Crippen molar-refractivity contribution in [1.29, 1.82) is 0 Å². The van der Waals surface area contributed by atoms with Crippen LogP contribution >= 0.6 is 11.6 Å². The van der Waals surface area contributed by atoms with E-state index >= 15 is 0 Å². The average Bonchev–Trinajstić information content (AvgIpc) is 2.98. The van der Waals surface area contributed by atoms with Gasteiger partial charge in [-0.2, -0.15) is 0 Å². The van der Waals surface area contributed by atoms with Crippen LogP contribution in [0.4, 0.5) is 5.69 Å². The van der Waals surface area contributed by atoms with Crippen LogP contribution in [-0.4, -0.2) is 64.7 Å². The highest BCUT2D eigenvalue weighted by atomic mass is 35.5. The monoisotopic (exact) mass is 615 g/mol. The third-order valence-corrected chi connectivity index (χ3v) is 8.23. The van der Waals surface area contributed by atoms with Gasteiger partial charge in [-0.15, -0.1) is 0 Å². The molecule has 3 aromatic rings. The van der Waals surface area contributed by atoms with Crippen molar-refractivity contribution in [2.45, 2.75) is 38.8 Å². The van der Waals surface area contributed by atoms with E-state index in [4.69, 9.17) is 21.1 Å². The zero-order valence-electron chi connectivity index (χ0n) is 24.4. The Kier molecular flexibility index (Phi) is 12.1. The van der Waals surface area contributed by atoms with Crippen molar-refractivity contribution in [3.05, 3.63) is 88.9 Å². The maximum atomic E-state index is 14.2. The third-order valence-electron chi connectivity index (χ3n) is 6.73. The van der Waals surface area contributed by atoms with Crippen LogP contribution in [0.3, 0.4) is 0 Å². The van der Waals surface area contributed by atoms with Crippen LogP contribution in [0, 0.1) is 0 Å². The molecule has 0 aliphatic carbocycles. The first-order chi connectivity index (χ1) is 20.1. The molecule has 0 saturated heterocycles. The minimum Gasteiger partial charge on any atom is -0.497 e. The van der Waals surface area contributed by atoms with E-state index < -0.39 is 28.5 Å². The molecule has 0 heterocycles. The first kappa shape index (κ1) is 32.8. The van der Waals surface area contributed by atoms with E-state index in [1.165, 1.54) is 25.2 Å². The summed E-state index contributed by atoms with van der Waals surface area (Å²) in [5.74, 6) is -0.295. The zero-order chi connectivity index (χ0) is 30.7. The van der Waals surface area contributed by atoms with E-state index in [1.54, 1.807) is 36.4 Å². The number of unbranched alkanes of at least 4 members (excludes halogenated alkanes) is 1. The first-order valence-corrected chi connectivity index (χ1v) is 15.9. The number of amides is 2. The van der Waals surface area contributed by atoms with Crippen LogP contribution in [-0.2, 0) is 32.6 Å². The normalized spacial score (nSPS) is 11.8. The summed E-state index contributed by atoms with van der Waals surface area (Å²) >= 11 is 6.49. The Morgan fingerprint density at radius 3 is 2.29 bits per heavy atom. The number of carbonyl (C=O) groups excluding carboxylic acids is 2. The molecule has 9 nitrogen and oxygen atoms in total. The van der Waals surface area contributed by atoms with Gasteiger partial charge in [0.1, 0.15) is 24.1 Å². The molecule has 0 spiro atoms. The van der Waals surface area contributed by atoms with Gasteiger partial charge in [-0.25, -0.2) is 8.42 Å². The average molecular weight is 616 g/mol. The third kappa shape index (κ3) is 8.87. The summed E-state index contributed by atoms with van der Waals surface area (Å²) in [7, 11) is -1.12. The minimum atomic E-state index is -3.98. The number of sulfonamides is 1. The van der Waals surface area contributed by atoms with Crippen LogP contribution in [0.25, 0.3) is 0 Å². The van der Waals surface area contributed by atoms with Crippen LogP contribution in [0.1, 0.15) is 30.9 Å². The Morgan fingerprint density at radius 1 is 0.976 bits per heavy atom. The number of halogens is 1. The SMILES string of the molecule is CCCCNC(=O)[C@H](Cc1ccccc1)N(Cc1ccccc1Cl)C(=O)CN(c1cc(OC)ccc1OC)S(C)(=O)=O. The summed E-state index contributed by atoms with van der Waals surface area (Å²) in [6, 6.07) is 20.2. The van der Waals surface area contributed by atoms with Crippen molar-refractivity contribution >= 4 is 39.1 Å².